The van der Waals surface area contributed by atoms with Gasteiger partial charge in [-0.25, -0.2) is 0 Å². The second kappa shape index (κ2) is 6.87. The number of fused-ring (bicyclic) bond motifs is 2. The number of Topliss-reactive ketones (excluding diaryl/α,β-unsaturated/α-hetero) is 2. The number of carbonyl (C=O) groups is 2. The van der Waals surface area contributed by atoms with E-state index < -0.39 is 6.23 Å². The van der Waals surface area contributed by atoms with E-state index in [-0.39, 0.29) is 34.1 Å². The Hall–Kier alpha value is -2.99. The number of pyridine rings is 1. The summed E-state index contributed by atoms with van der Waals surface area (Å²) in [5, 5.41) is 3.04. The zero-order valence-electron chi connectivity index (χ0n) is 16.0. The Morgan fingerprint density at radius 3 is 2.71 bits per heavy atom. The molecule has 144 valence electrons. The lowest BCUT2D eigenvalue weighted by atomic mass is 9.79. The molecule has 3 aliphatic rings. The van der Waals surface area contributed by atoms with Crippen LogP contribution < -0.4 is 10.9 Å². The number of ether oxygens (including phenoxy) is 1. The second-order valence-corrected chi connectivity index (χ2v) is 7.05. The number of nitrogens with zero attached hydrogens (tertiary/aromatic N) is 1. The van der Waals surface area contributed by atoms with Crippen molar-refractivity contribution >= 4 is 17.6 Å². The summed E-state index contributed by atoms with van der Waals surface area (Å²) in [4.78, 5) is 39.7. The molecule has 28 heavy (non-hydrogen) atoms. The van der Waals surface area contributed by atoms with E-state index in [1.165, 1.54) is 10.6 Å². The summed E-state index contributed by atoms with van der Waals surface area (Å²) < 4.78 is 6.91. The fraction of sp³-hybridized carbons (Fsp3) is 0.318. The van der Waals surface area contributed by atoms with E-state index in [2.05, 4.69) is 11.9 Å². The average Bonchev–Trinajstić information content (AvgIpc) is 2.65. The number of allylic oxidation sites excluding steroid dienone is 5. The molecule has 0 radical (unpaired) electrons. The quantitative estimate of drug-likeness (QED) is 0.853. The molecule has 1 aliphatic carbocycles. The van der Waals surface area contributed by atoms with Crippen molar-refractivity contribution in [2.24, 2.45) is 0 Å². The van der Waals surface area contributed by atoms with Gasteiger partial charge in [-0.3, -0.25) is 14.4 Å². The Labute approximate surface area is 162 Å². The summed E-state index contributed by atoms with van der Waals surface area (Å²) in [6.07, 6.45) is 6.26. The number of hydrogen-bond donors (Lipinski definition) is 1. The number of nitrogens with one attached hydrogen (secondary N) is 1. The SMILES string of the molecule is C=CC1=C2COC2NC2=C1C(=O)c1c(/C=C/C)cc(=O)n(CCCC)c1C2=O. The van der Waals surface area contributed by atoms with Crippen LogP contribution in [0.25, 0.3) is 6.08 Å². The summed E-state index contributed by atoms with van der Waals surface area (Å²) in [5.41, 5.74) is 2.75. The van der Waals surface area contributed by atoms with E-state index in [1.54, 1.807) is 18.2 Å². The molecule has 4 rings (SSSR count). The van der Waals surface area contributed by atoms with Crippen LogP contribution in [0.2, 0.25) is 0 Å². The summed E-state index contributed by atoms with van der Waals surface area (Å²) in [7, 11) is 0. The largest absolute Gasteiger partial charge is 0.353 e. The monoisotopic (exact) mass is 378 g/mol. The molecule has 6 heteroatoms. The summed E-state index contributed by atoms with van der Waals surface area (Å²) in [6.45, 7) is 8.45. The predicted octanol–water partition coefficient (Wildman–Crippen LogP) is 2.76. The first-order chi connectivity index (χ1) is 13.5. The van der Waals surface area contributed by atoms with Crippen molar-refractivity contribution in [2.45, 2.75) is 39.5 Å². The molecule has 1 atom stereocenters. The molecule has 6 nitrogen and oxygen atoms in total. The number of rotatable bonds is 5. The Balaban J connectivity index is 2.00. The minimum atomic E-state index is -0.417. The van der Waals surface area contributed by atoms with Crippen LogP contribution in [0.3, 0.4) is 0 Å². The lowest BCUT2D eigenvalue weighted by Gasteiger charge is -2.40. The minimum absolute atomic E-state index is 0.163. The fourth-order valence-electron chi connectivity index (χ4n) is 3.98. The molecule has 1 N–H and O–H groups in total. The standard InChI is InChI=1S/C22H22N2O4/c1-4-7-9-24-15(25)10-12(8-5-2)16-19(24)21(27)18-17(20(16)26)13(6-3)14-11-28-22(14)23-18/h5-6,8,10,22-23H,3-4,7,9,11H2,1-2H3/b8-5+. The lowest BCUT2D eigenvalue weighted by molar-refractivity contribution is -0.00333. The van der Waals surface area contributed by atoms with Crippen LogP contribution in [0.15, 0.2) is 52.0 Å². The Kier molecular flexibility index (Phi) is 4.51. The highest BCUT2D eigenvalue weighted by atomic mass is 16.5. The highest BCUT2D eigenvalue weighted by molar-refractivity contribution is 6.29. The van der Waals surface area contributed by atoms with Crippen LogP contribution in [-0.2, 0) is 11.3 Å². The van der Waals surface area contributed by atoms with Crippen molar-refractivity contribution in [1.29, 1.82) is 0 Å². The van der Waals surface area contributed by atoms with Crippen LogP contribution in [0.4, 0.5) is 0 Å². The Morgan fingerprint density at radius 2 is 2.11 bits per heavy atom. The van der Waals surface area contributed by atoms with Crippen LogP contribution in [0, 0.1) is 0 Å². The molecule has 2 aliphatic heterocycles. The number of dihydropyridines is 1. The van der Waals surface area contributed by atoms with E-state index in [0.29, 0.717) is 29.9 Å². The normalized spacial score (nSPS) is 20.6. The minimum Gasteiger partial charge on any atom is -0.353 e. The molecule has 1 aromatic rings. The molecule has 1 aromatic heterocycles. The predicted molar refractivity (Wildman–Crippen MR) is 106 cm³/mol. The van der Waals surface area contributed by atoms with Gasteiger partial charge in [0, 0.05) is 18.2 Å². The maximum Gasteiger partial charge on any atom is 0.251 e. The zero-order valence-corrected chi connectivity index (χ0v) is 16.0. The van der Waals surface area contributed by atoms with E-state index in [1.807, 2.05) is 13.8 Å². The molecule has 3 heterocycles. The van der Waals surface area contributed by atoms with Gasteiger partial charge >= 0.3 is 0 Å². The number of unbranched alkanes of at least 4 members (excludes halogenated alkanes) is 1. The first kappa shape index (κ1) is 18.4. The van der Waals surface area contributed by atoms with Crippen molar-refractivity contribution in [3.05, 3.63) is 74.4 Å². The van der Waals surface area contributed by atoms with E-state index in [4.69, 9.17) is 4.74 Å². The molecule has 0 amide bonds. The number of ketones is 2. The van der Waals surface area contributed by atoms with Crippen molar-refractivity contribution in [3.63, 3.8) is 0 Å². The van der Waals surface area contributed by atoms with Gasteiger partial charge in [0.05, 0.1) is 23.4 Å². The maximum absolute atomic E-state index is 13.6. The highest BCUT2D eigenvalue weighted by Gasteiger charge is 2.44. The van der Waals surface area contributed by atoms with Gasteiger partial charge < -0.3 is 14.6 Å². The third-order valence-electron chi connectivity index (χ3n) is 5.39. The first-order valence-corrected chi connectivity index (χ1v) is 9.51. The van der Waals surface area contributed by atoms with E-state index >= 15 is 0 Å². The highest BCUT2D eigenvalue weighted by Crippen LogP contribution is 2.39. The topological polar surface area (TPSA) is 77.4 Å². The number of aromatic nitrogens is 1. The smallest absolute Gasteiger partial charge is 0.251 e. The van der Waals surface area contributed by atoms with Crippen LogP contribution in [-0.4, -0.2) is 29.0 Å². The second-order valence-electron chi connectivity index (χ2n) is 7.05. The Morgan fingerprint density at radius 1 is 1.32 bits per heavy atom. The average molecular weight is 378 g/mol. The molecule has 0 spiro atoms. The maximum atomic E-state index is 13.6. The van der Waals surface area contributed by atoms with Crippen molar-refractivity contribution in [3.8, 4) is 0 Å². The van der Waals surface area contributed by atoms with E-state index in [0.717, 1.165) is 18.4 Å². The van der Waals surface area contributed by atoms with Crippen LogP contribution in [0.5, 0.6) is 0 Å². The van der Waals surface area contributed by atoms with Gasteiger partial charge in [-0.05, 0) is 24.5 Å². The van der Waals surface area contributed by atoms with Gasteiger partial charge in [0.1, 0.15) is 5.69 Å². The van der Waals surface area contributed by atoms with Crippen molar-refractivity contribution in [1.82, 2.24) is 9.88 Å². The third kappa shape index (κ3) is 2.48. The van der Waals surface area contributed by atoms with E-state index in [9.17, 15) is 14.4 Å². The lowest BCUT2D eigenvalue weighted by Crippen LogP contribution is -2.51. The molecule has 1 saturated heterocycles. The molecular formula is C22H22N2O4. The van der Waals surface area contributed by atoms with Gasteiger partial charge in [0.25, 0.3) is 5.56 Å². The van der Waals surface area contributed by atoms with Crippen molar-refractivity contribution < 1.29 is 14.3 Å². The third-order valence-corrected chi connectivity index (χ3v) is 5.39. The molecule has 0 aromatic carbocycles. The van der Waals surface area contributed by atoms with Gasteiger partial charge in [-0.1, -0.05) is 38.2 Å². The first-order valence-electron chi connectivity index (χ1n) is 9.51. The molecule has 1 unspecified atom stereocenters. The number of carbonyl (C=O) groups excluding carboxylic acids is 2. The van der Waals surface area contributed by atoms with Gasteiger partial charge in [-0.2, -0.15) is 0 Å². The molecule has 0 bridgehead atoms. The summed E-state index contributed by atoms with van der Waals surface area (Å²) >= 11 is 0. The van der Waals surface area contributed by atoms with Gasteiger partial charge in [0.15, 0.2) is 12.0 Å². The van der Waals surface area contributed by atoms with Crippen LogP contribution in [0.1, 0.15) is 53.1 Å². The summed E-state index contributed by atoms with van der Waals surface area (Å²) in [5.74, 6) is -0.610. The van der Waals surface area contributed by atoms with Gasteiger partial charge in [-0.15, -0.1) is 0 Å². The zero-order chi connectivity index (χ0) is 20.0. The molecule has 0 saturated carbocycles. The summed E-state index contributed by atoms with van der Waals surface area (Å²) in [6, 6.07) is 1.44. The van der Waals surface area contributed by atoms with Gasteiger partial charge in [0.2, 0.25) is 5.78 Å². The Bertz CT molecular complexity index is 1070. The van der Waals surface area contributed by atoms with Crippen LogP contribution >= 0.6 is 0 Å². The molecular weight excluding hydrogens is 356 g/mol. The van der Waals surface area contributed by atoms with Crippen molar-refractivity contribution in [2.75, 3.05) is 6.61 Å². The number of hydrogen-bond acceptors (Lipinski definition) is 5. The fourth-order valence-corrected chi connectivity index (χ4v) is 3.98. The molecule has 1 fully saturated rings.